The van der Waals surface area contributed by atoms with Gasteiger partial charge in [-0.3, -0.25) is 9.78 Å². The highest BCUT2D eigenvalue weighted by Gasteiger charge is 2.30. The van der Waals surface area contributed by atoms with Gasteiger partial charge in [0.2, 0.25) is 0 Å². The normalized spacial score (nSPS) is 11.3. The van der Waals surface area contributed by atoms with Crippen molar-refractivity contribution in [2.75, 3.05) is 5.32 Å². The molecule has 1 aromatic heterocycles. The number of carbonyl (C=O) groups excluding carboxylic acids is 1. The number of rotatable bonds is 2. The van der Waals surface area contributed by atoms with Crippen LogP contribution in [-0.4, -0.2) is 10.9 Å². The second-order valence-corrected chi connectivity index (χ2v) is 5.29. The van der Waals surface area contributed by atoms with Gasteiger partial charge in [0, 0.05) is 22.6 Å². The fourth-order valence-corrected chi connectivity index (χ4v) is 2.03. The smallest absolute Gasteiger partial charge is 0.322 e. The molecule has 0 saturated carbocycles. The monoisotopic (exact) mass is 358 g/mol. The van der Waals surface area contributed by atoms with Gasteiger partial charge in [-0.25, -0.2) is 0 Å². The molecule has 2 aromatic rings. The average Bonchev–Trinajstić information content (AvgIpc) is 2.40. The Morgan fingerprint density at radius 3 is 2.57 bits per heavy atom. The minimum atomic E-state index is -4.45. The van der Waals surface area contributed by atoms with Crippen molar-refractivity contribution in [2.24, 2.45) is 0 Å². The Bertz CT molecular complexity index is 686. The number of nitrogens with zero attached hydrogens (tertiary/aromatic N) is 1. The topological polar surface area (TPSA) is 42.0 Å². The molecule has 0 unspecified atom stereocenters. The van der Waals surface area contributed by atoms with Crippen LogP contribution < -0.4 is 5.32 Å². The number of aromatic nitrogens is 1. The predicted molar refractivity (Wildman–Crippen MR) is 76.1 cm³/mol. The van der Waals surface area contributed by atoms with Crippen LogP contribution in [0.5, 0.6) is 0 Å². The van der Waals surface area contributed by atoms with Crippen molar-refractivity contribution in [1.82, 2.24) is 4.98 Å². The largest absolute Gasteiger partial charge is 0.416 e. The zero-order valence-electron chi connectivity index (χ0n) is 10.8. The van der Waals surface area contributed by atoms with Crippen LogP contribution in [0.15, 0.2) is 41.1 Å². The third kappa shape index (κ3) is 3.81. The maximum atomic E-state index is 12.7. The van der Waals surface area contributed by atoms with Gasteiger partial charge in [-0.1, -0.05) is 6.07 Å². The van der Waals surface area contributed by atoms with Gasteiger partial charge in [0.1, 0.15) is 0 Å². The summed E-state index contributed by atoms with van der Waals surface area (Å²) in [6.45, 7) is 1.62. The van der Waals surface area contributed by atoms with Crippen LogP contribution in [0.2, 0.25) is 0 Å². The number of pyridine rings is 1. The van der Waals surface area contributed by atoms with Crippen molar-refractivity contribution in [3.05, 3.63) is 57.8 Å². The number of anilines is 1. The lowest BCUT2D eigenvalue weighted by atomic mass is 10.1. The molecule has 7 heteroatoms. The number of amides is 1. The summed E-state index contributed by atoms with van der Waals surface area (Å²) in [7, 11) is 0. The molecule has 0 atom stereocenters. The van der Waals surface area contributed by atoms with E-state index in [9.17, 15) is 18.0 Å². The van der Waals surface area contributed by atoms with Gasteiger partial charge in [-0.15, -0.1) is 0 Å². The average molecular weight is 359 g/mol. The molecular formula is C14H10BrF3N2O. The fourth-order valence-electron chi connectivity index (χ4n) is 1.66. The number of carbonyl (C=O) groups is 1. The molecule has 0 spiro atoms. The van der Waals surface area contributed by atoms with E-state index in [1.165, 1.54) is 24.5 Å². The Labute approximate surface area is 127 Å². The van der Waals surface area contributed by atoms with Crippen molar-refractivity contribution < 1.29 is 18.0 Å². The molecule has 0 fully saturated rings. The lowest BCUT2D eigenvalue weighted by Gasteiger charge is -2.12. The van der Waals surface area contributed by atoms with Gasteiger partial charge in [0.15, 0.2) is 0 Å². The van der Waals surface area contributed by atoms with Gasteiger partial charge in [-0.05, 0) is 46.6 Å². The first-order chi connectivity index (χ1) is 9.77. The highest BCUT2D eigenvalue weighted by molar-refractivity contribution is 9.10. The second-order valence-electron chi connectivity index (χ2n) is 4.37. The molecule has 2 rings (SSSR count). The Hall–Kier alpha value is -1.89. The molecule has 0 saturated heterocycles. The number of halogens is 4. The molecule has 0 aliphatic carbocycles. The van der Waals surface area contributed by atoms with Crippen LogP contribution in [0.4, 0.5) is 18.9 Å². The van der Waals surface area contributed by atoms with E-state index < -0.39 is 17.6 Å². The van der Waals surface area contributed by atoms with E-state index in [2.05, 4.69) is 26.2 Å². The van der Waals surface area contributed by atoms with Crippen molar-refractivity contribution >= 4 is 27.5 Å². The molecule has 0 radical (unpaired) electrons. The van der Waals surface area contributed by atoms with Gasteiger partial charge >= 0.3 is 6.18 Å². The van der Waals surface area contributed by atoms with Gasteiger partial charge in [0.05, 0.1) is 11.1 Å². The van der Waals surface area contributed by atoms with Crippen LogP contribution in [-0.2, 0) is 6.18 Å². The molecule has 110 valence electrons. The van der Waals surface area contributed by atoms with Gasteiger partial charge < -0.3 is 5.32 Å². The molecule has 1 aromatic carbocycles. The summed E-state index contributed by atoms with van der Waals surface area (Å²) in [5.41, 5.74) is 0.103. The summed E-state index contributed by atoms with van der Waals surface area (Å²) in [6.07, 6.45) is -1.61. The fraction of sp³-hybridized carbons (Fsp3) is 0.143. The number of benzene rings is 1. The first-order valence-corrected chi connectivity index (χ1v) is 6.66. The van der Waals surface area contributed by atoms with Crippen LogP contribution >= 0.6 is 15.9 Å². The third-order valence-corrected chi connectivity index (χ3v) is 3.21. The first kappa shape index (κ1) is 15.5. The van der Waals surface area contributed by atoms with E-state index in [0.717, 1.165) is 12.1 Å². The molecule has 1 N–H and O–H groups in total. The highest BCUT2D eigenvalue weighted by atomic mass is 79.9. The zero-order valence-corrected chi connectivity index (χ0v) is 12.4. The number of aryl methyl sites for hydroxylation is 1. The van der Waals surface area contributed by atoms with Crippen LogP contribution in [0.3, 0.4) is 0 Å². The van der Waals surface area contributed by atoms with Crippen molar-refractivity contribution in [1.29, 1.82) is 0 Å². The quantitative estimate of drug-likeness (QED) is 0.862. The van der Waals surface area contributed by atoms with E-state index >= 15 is 0 Å². The summed E-state index contributed by atoms with van der Waals surface area (Å²) in [6, 6.07) is 4.74. The van der Waals surface area contributed by atoms with Crippen LogP contribution in [0, 0.1) is 6.92 Å². The maximum Gasteiger partial charge on any atom is 0.416 e. The minimum Gasteiger partial charge on any atom is -0.322 e. The lowest BCUT2D eigenvalue weighted by molar-refractivity contribution is -0.137. The van der Waals surface area contributed by atoms with Gasteiger partial charge in [-0.2, -0.15) is 13.2 Å². The Kier molecular flexibility index (Phi) is 4.32. The summed E-state index contributed by atoms with van der Waals surface area (Å²) < 4.78 is 38.7. The highest BCUT2D eigenvalue weighted by Crippen LogP contribution is 2.32. The van der Waals surface area contributed by atoms with E-state index in [0.29, 0.717) is 10.0 Å². The molecular weight excluding hydrogens is 349 g/mol. The van der Waals surface area contributed by atoms with Crippen molar-refractivity contribution in [3.8, 4) is 0 Å². The SMILES string of the molecule is Cc1ccc(C(F)(F)F)cc1NC(=O)c1cncc(Br)c1. The second kappa shape index (κ2) is 5.85. The lowest BCUT2D eigenvalue weighted by Crippen LogP contribution is -2.14. The standard InChI is InChI=1S/C14H10BrF3N2O/c1-8-2-3-10(14(16,17)18)5-12(8)20-13(21)9-4-11(15)7-19-6-9/h2-7H,1H3,(H,20,21). The minimum absolute atomic E-state index is 0.120. The zero-order chi connectivity index (χ0) is 15.6. The molecule has 0 aliphatic heterocycles. The first-order valence-electron chi connectivity index (χ1n) is 5.87. The Morgan fingerprint density at radius 2 is 1.95 bits per heavy atom. The summed E-state index contributed by atoms with van der Waals surface area (Å²) in [4.78, 5) is 15.9. The van der Waals surface area contributed by atoms with Gasteiger partial charge in [0.25, 0.3) is 5.91 Å². The third-order valence-electron chi connectivity index (χ3n) is 2.78. The number of hydrogen-bond acceptors (Lipinski definition) is 2. The van der Waals surface area contributed by atoms with Crippen LogP contribution in [0.25, 0.3) is 0 Å². The van der Waals surface area contributed by atoms with E-state index in [1.807, 2.05) is 0 Å². The van der Waals surface area contributed by atoms with E-state index in [-0.39, 0.29) is 11.3 Å². The van der Waals surface area contributed by atoms with Crippen LogP contribution in [0.1, 0.15) is 21.5 Å². The molecule has 1 heterocycles. The Balaban J connectivity index is 2.29. The number of hydrogen-bond donors (Lipinski definition) is 1. The molecule has 21 heavy (non-hydrogen) atoms. The predicted octanol–water partition coefficient (Wildman–Crippen LogP) is 4.42. The summed E-state index contributed by atoms with van der Waals surface area (Å²) in [5, 5.41) is 2.47. The Morgan fingerprint density at radius 1 is 1.24 bits per heavy atom. The molecule has 0 aliphatic rings. The van der Waals surface area contributed by atoms with E-state index in [4.69, 9.17) is 0 Å². The summed E-state index contributed by atoms with van der Waals surface area (Å²) >= 11 is 3.18. The number of nitrogens with one attached hydrogen (secondary N) is 1. The van der Waals surface area contributed by atoms with Crippen molar-refractivity contribution in [3.63, 3.8) is 0 Å². The molecule has 0 bridgehead atoms. The number of alkyl halides is 3. The van der Waals surface area contributed by atoms with Crippen molar-refractivity contribution in [2.45, 2.75) is 13.1 Å². The maximum absolute atomic E-state index is 12.7. The molecule has 3 nitrogen and oxygen atoms in total. The van der Waals surface area contributed by atoms with E-state index in [1.54, 1.807) is 6.92 Å². The molecule has 1 amide bonds. The summed E-state index contributed by atoms with van der Waals surface area (Å²) in [5.74, 6) is -0.522.